The molecule has 0 fully saturated rings. The number of aromatic nitrogens is 2. The summed E-state index contributed by atoms with van der Waals surface area (Å²) in [6.45, 7) is 2.15. The van der Waals surface area contributed by atoms with Crippen molar-refractivity contribution in [1.82, 2.24) is 9.97 Å². The number of nitrogens with one attached hydrogen (secondary N) is 1. The monoisotopic (exact) mass is 365 g/mol. The van der Waals surface area contributed by atoms with Crippen molar-refractivity contribution in [3.63, 3.8) is 0 Å². The molecule has 25 heavy (non-hydrogen) atoms. The summed E-state index contributed by atoms with van der Waals surface area (Å²) in [6.07, 6.45) is 2.58. The molecule has 0 spiro atoms. The summed E-state index contributed by atoms with van der Waals surface area (Å²) in [5, 5.41) is 7.40. The molecule has 2 heterocycles. The van der Waals surface area contributed by atoms with Crippen molar-refractivity contribution < 1.29 is 0 Å². The van der Waals surface area contributed by atoms with Gasteiger partial charge in [0.25, 0.3) is 0 Å². The van der Waals surface area contributed by atoms with E-state index in [9.17, 15) is 0 Å². The molecular weight excluding hydrogens is 350 g/mol. The molecule has 5 heteroatoms. The lowest BCUT2D eigenvalue weighted by Gasteiger charge is -2.12. The summed E-state index contributed by atoms with van der Waals surface area (Å²) in [5.41, 5.74) is 4.57. The lowest BCUT2D eigenvalue weighted by molar-refractivity contribution is 1.14. The van der Waals surface area contributed by atoms with E-state index in [0.717, 1.165) is 44.3 Å². The molecule has 0 saturated carbocycles. The number of hydrogen-bond donors (Lipinski definition) is 1. The van der Waals surface area contributed by atoms with Crippen LogP contribution in [0.5, 0.6) is 0 Å². The Morgan fingerprint density at radius 3 is 2.64 bits per heavy atom. The van der Waals surface area contributed by atoms with Crippen molar-refractivity contribution in [2.75, 3.05) is 5.32 Å². The Morgan fingerprint density at radius 2 is 1.84 bits per heavy atom. The van der Waals surface area contributed by atoms with Crippen LogP contribution >= 0.6 is 22.9 Å². The third kappa shape index (κ3) is 3.11. The molecule has 2 aromatic carbocycles. The van der Waals surface area contributed by atoms with Crippen LogP contribution in [0.2, 0.25) is 5.02 Å². The SMILES string of the molecule is CCc1ccccc1Nc1ncnc2scc(-c3ccc(Cl)cc3)c12. The van der Waals surface area contributed by atoms with Crippen LogP contribution in [-0.4, -0.2) is 9.97 Å². The zero-order valence-electron chi connectivity index (χ0n) is 13.7. The van der Waals surface area contributed by atoms with Crippen LogP contribution in [0, 0.1) is 0 Å². The molecule has 3 nitrogen and oxygen atoms in total. The van der Waals surface area contributed by atoms with Crippen LogP contribution in [0.15, 0.2) is 60.2 Å². The number of anilines is 2. The standard InChI is InChI=1S/C20H16ClN3S/c1-2-13-5-3-4-6-17(13)24-19-18-16(11-25-20(18)23-12-22-19)14-7-9-15(21)10-8-14/h3-12H,2H2,1H3,(H,22,23,24). The Kier molecular flexibility index (Phi) is 4.38. The summed E-state index contributed by atoms with van der Waals surface area (Å²) in [7, 11) is 0. The van der Waals surface area contributed by atoms with Crippen LogP contribution in [0.3, 0.4) is 0 Å². The van der Waals surface area contributed by atoms with Gasteiger partial charge >= 0.3 is 0 Å². The molecule has 0 saturated heterocycles. The Morgan fingerprint density at radius 1 is 1.04 bits per heavy atom. The summed E-state index contributed by atoms with van der Waals surface area (Å²) < 4.78 is 0. The first-order chi connectivity index (χ1) is 12.3. The minimum absolute atomic E-state index is 0.731. The molecule has 4 aromatic rings. The Bertz CT molecular complexity index is 1020. The van der Waals surface area contributed by atoms with Gasteiger partial charge in [0, 0.05) is 21.7 Å². The van der Waals surface area contributed by atoms with Gasteiger partial charge in [0.1, 0.15) is 17.0 Å². The van der Waals surface area contributed by atoms with E-state index < -0.39 is 0 Å². The minimum atomic E-state index is 0.731. The lowest BCUT2D eigenvalue weighted by Crippen LogP contribution is -1.98. The van der Waals surface area contributed by atoms with E-state index in [1.165, 1.54) is 5.56 Å². The molecule has 0 atom stereocenters. The summed E-state index contributed by atoms with van der Waals surface area (Å²) in [4.78, 5) is 9.91. The lowest BCUT2D eigenvalue weighted by atomic mass is 10.1. The number of aryl methyl sites for hydroxylation is 1. The molecule has 2 aromatic heterocycles. The first-order valence-electron chi connectivity index (χ1n) is 8.09. The van der Waals surface area contributed by atoms with Gasteiger partial charge in [-0.2, -0.15) is 0 Å². The van der Waals surface area contributed by atoms with Gasteiger partial charge < -0.3 is 5.32 Å². The molecule has 124 valence electrons. The smallest absolute Gasteiger partial charge is 0.143 e. The van der Waals surface area contributed by atoms with Crippen molar-refractivity contribution in [3.05, 3.63) is 70.8 Å². The van der Waals surface area contributed by atoms with E-state index in [-0.39, 0.29) is 0 Å². The number of thiophene rings is 1. The zero-order valence-corrected chi connectivity index (χ0v) is 15.2. The average Bonchev–Trinajstić information content (AvgIpc) is 3.08. The number of para-hydroxylation sites is 1. The second-order valence-corrected chi connectivity index (χ2v) is 6.99. The Labute approximate surface area is 155 Å². The van der Waals surface area contributed by atoms with Crippen LogP contribution in [0.25, 0.3) is 21.3 Å². The maximum atomic E-state index is 6.03. The fourth-order valence-corrected chi connectivity index (χ4v) is 3.93. The summed E-state index contributed by atoms with van der Waals surface area (Å²) in [6, 6.07) is 16.2. The Hall–Kier alpha value is -2.43. The third-order valence-electron chi connectivity index (χ3n) is 4.18. The van der Waals surface area contributed by atoms with E-state index in [4.69, 9.17) is 11.6 Å². The van der Waals surface area contributed by atoms with Gasteiger partial charge in [0.05, 0.1) is 5.39 Å². The van der Waals surface area contributed by atoms with Crippen LogP contribution < -0.4 is 5.32 Å². The molecule has 0 aliphatic carbocycles. The second kappa shape index (κ2) is 6.82. The van der Waals surface area contributed by atoms with Gasteiger partial charge in [-0.15, -0.1) is 11.3 Å². The van der Waals surface area contributed by atoms with Crippen LogP contribution in [0.1, 0.15) is 12.5 Å². The van der Waals surface area contributed by atoms with E-state index in [1.54, 1.807) is 17.7 Å². The van der Waals surface area contributed by atoms with Crippen molar-refractivity contribution >= 4 is 44.7 Å². The number of fused-ring (bicyclic) bond motifs is 1. The van der Waals surface area contributed by atoms with Crippen molar-refractivity contribution in [1.29, 1.82) is 0 Å². The van der Waals surface area contributed by atoms with Gasteiger partial charge in [0.2, 0.25) is 0 Å². The molecule has 0 aliphatic rings. The van der Waals surface area contributed by atoms with E-state index in [2.05, 4.69) is 45.8 Å². The second-order valence-electron chi connectivity index (χ2n) is 5.69. The molecular formula is C20H16ClN3S. The molecule has 1 N–H and O–H groups in total. The minimum Gasteiger partial charge on any atom is -0.339 e. The largest absolute Gasteiger partial charge is 0.339 e. The molecule has 0 aliphatic heterocycles. The first kappa shape index (κ1) is 16.1. The highest BCUT2D eigenvalue weighted by Gasteiger charge is 2.14. The topological polar surface area (TPSA) is 37.8 Å². The van der Waals surface area contributed by atoms with Crippen molar-refractivity contribution in [3.8, 4) is 11.1 Å². The average molecular weight is 366 g/mol. The molecule has 0 amide bonds. The highest BCUT2D eigenvalue weighted by Crippen LogP contribution is 2.38. The predicted octanol–water partition coefficient (Wildman–Crippen LogP) is 6.32. The van der Waals surface area contributed by atoms with Gasteiger partial charge in [0.15, 0.2) is 0 Å². The molecule has 0 unspecified atom stereocenters. The number of nitrogens with zero attached hydrogens (tertiary/aromatic N) is 2. The first-order valence-corrected chi connectivity index (χ1v) is 9.35. The summed E-state index contributed by atoms with van der Waals surface area (Å²) >= 11 is 7.65. The third-order valence-corrected chi connectivity index (χ3v) is 5.32. The normalized spacial score (nSPS) is 11.0. The maximum absolute atomic E-state index is 6.03. The fraction of sp³-hybridized carbons (Fsp3) is 0.100. The fourth-order valence-electron chi connectivity index (χ4n) is 2.89. The quantitative estimate of drug-likeness (QED) is 0.460. The van der Waals surface area contributed by atoms with Crippen LogP contribution in [0.4, 0.5) is 11.5 Å². The molecule has 4 rings (SSSR count). The summed E-state index contributed by atoms with van der Waals surface area (Å²) in [5.74, 6) is 0.831. The highest BCUT2D eigenvalue weighted by atomic mass is 35.5. The number of rotatable bonds is 4. The molecule has 0 radical (unpaired) electrons. The zero-order chi connectivity index (χ0) is 17.2. The van der Waals surface area contributed by atoms with Crippen molar-refractivity contribution in [2.45, 2.75) is 13.3 Å². The number of halogens is 1. The number of hydrogen-bond acceptors (Lipinski definition) is 4. The maximum Gasteiger partial charge on any atom is 0.143 e. The van der Waals surface area contributed by atoms with Gasteiger partial charge in [-0.25, -0.2) is 9.97 Å². The van der Waals surface area contributed by atoms with Crippen LogP contribution in [-0.2, 0) is 6.42 Å². The van der Waals surface area contributed by atoms with Gasteiger partial charge in [-0.1, -0.05) is 48.9 Å². The predicted molar refractivity (Wildman–Crippen MR) is 107 cm³/mol. The van der Waals surface area contributed by atoms with Crippen molar-refractivity contribution in [2.24, 2.45) is 0 Å². The molecule has 0 bridgehead atoms. The van der Waals surface area contributed by atoms with E-state index >= 15 is 0 Å². The van der Waals surface area contributed by atoms with E-state index in [1.807, 2.05) is 30.3 Å². The highest BCUT2D eigenvalue weighted by molar-refractivity contribution is 7.17. The van der Waals surface area contributed by atoms with Gasteiger partial charge in [-0.3, -0.25) is 0 Å². The van der Waals surface area contributed by atoms with E-state index in [0.29, 0.717) is 0 Å². The number of benzene rings is 2. The Balaban J connectivity index is 1.84. The van der Waals surface area contributed by atoms with Gasteiger partial charge in [-0.05, 0) is 35.7 Å².